The van der Waals surface area contributed by atoms with Gasteiger partial charge in [0.25, 0.3) is 11.1 Å². The van der Waals surface area contributed by atoms with Crippen LogP contribution in [0.3, 0.4) is 0 Å². The van der Waals surface area contributed by atoms with Crippen molar-refractivity contribution in [2.75, 3.05) is 0 Å². The van der Waals surface area contributed by atoms with Crippen LogP contribution in [0.5, 0.6) is 0 Å². The lowest BCUT2D eigenvalue weighted by Gasteiger charge is -2.05. The van der Waals surface area contributed by atoms with Gasteiger partial charge in [-0.1, -0.05) is 12.1 Å². The molecule has 0 radical (unpaired) electrons. The Morgan fingerprint density at radius 3 is 2.65 bits per heavy atom. The Kier molecular flexibility index (Phi) is 2.79. The van der Waals surface area contributed by atoms with Gasteiger partial charge in [-0.3, -0.25) is 19.1 Å². The largest absolute Gasteiger partial charge is 0.328 e. The molecule has 0 fully saturated rings. The SMILES string of the molecule is O=c1ccn(Cc2nc3ccccc3c(=O)[nH]2)c(=O)[nH]1. The van der Waals surface area contributed by atoms with Gasteiger partial charge in [0.1, 0.15) is 5.82 Å². The van der Waals surface area contributed by atoms with Gasteiger partial charge < -0.3 is 4.98 Å². The van der Waals surface area contributed by atoms with E-state index in [-0.39, 0.29) is 12.1 Å². The second kappa shape index (κ2) is 4.61. The minimum atomic E-state index is -0.548. The maximum atomic E-state index is 11.9. The molecule has 7 nitrogen and oxygen atoms in total. The molecule has 0 saturated carbocycles. The van der Waals surface area contributed by atoms with Crippen LogP contribution in [0.4, 0.5) is 0 Å². The summed E-state index contributed by atoms with van der Waals surface area (Å²) in [4.78, 5) is 43.5. The fourth-order valence-electron chi connectivity index (χ4n) is 1.94. The summed E-state index contributed by atoms with van der Waals surface area (Å²) in [6.45, 7) is 0.0791. The zero-order valence-corrected chi connectivity index (χ0v) is 10.3. The van der Waals surface area contributed by atoms with E-state index >= 15 is 0 Å². The van der Waals surface area contributed by atoms with E-state index in [1.54, 1.807) is 24.3 Å². The molecular formula is C13H10N4O3. The van der Waals surface area contributed by atoms with Crippen LogP contribution in [0.15, 0.2) is 50.9 Å². The van der Waals surface area contributed by atoms with Crippen LogP contribution in [0.1, 0.15) is 5.82 Å². The highest BCUT2D eigenvalue weighted by Crippen LogP contribution is 2.05. The van der Waals surface area contributed by atoms with Crippen molar-refractivity contribution in [3.05, 3.63) is 73.5 Å². The third-order valence-electron chi connectivity index (χ3n) is 2.88. The molecule has 0 aliphatic heterocycles. The average molecular weight is 270 g/mol. The van der Waals surface area contributed by atoms with Gasteiger partial charge >= 0.3 is 5.69 Å². The van der Waals surface area contributed by atoms with E-state index in [9.17, 15) is 14.4 Å². The molecule has 100 valence electrons. The van der Waals surface area contributed by atoms with E-state index in [0.717, 1.165) is 0 Å². The van der Waals surface area contributed by atoms with Gasteiger partial charge in [-0.05, 0) is 12.1 Å². The number of para-hydroxylation sites is 1. The number of hydrogen-bond donors (Lipinski definition) is 2. The van der Waals surface area contributed by atoms with Gasteiger partial charge in [-0.25, -0.2) is 9.78 Å². The molecule has 20 heavy (non-hydrogen) atoms. The molecule has 2 aromatic heterocycles. The first-order chi connectivity index (χ1) is 9.63. The zero-order chi connectivity index (χ0) is 14.1. The summed E-state index contributed by atoms with van der Waals surface area (Å²) in [7, 11) is 0. The second-order valence-corrected chi connectivity index (χ2v) is 4.27. The Morgan fingerprint density at radius 2 is 1.85 bits per heavy atom. The molecule has 0 aliphatic carbocycles. The lowest BCUT2D eigenvalue weighted by atomic mass is 10.2. The normalized spacial score (nSPS) is 10.8. The van der Waals surface area contributed by atoms with Crippen molar-refractivity contribution in [1.82, 2.24) is 19.5 Å². The van der Waals surface area contributed by atoms with Gasteiger partial charge in [-0.2, -0.15) is 0 Å². The Labute approximate surface area is 111 Å². The van der Waals surface area contributed by atoms with Crippen molar-refractivity contribution in [2.24, 2.45) is 0 Å². The van der Waals surface area contributed by atoms with Gasteiger partial charge in [0, 0.05) is 12.3 Å². The molecule has 0 unspecified atom stereocenters. The highest BCUT2D eigenvalue weighted by molar-refractivity contribution is 5.77. The predicted molar refractivity (Wildman–Crippen MR) is 72.8 cm³/mol. The molecule has 1 aromatic carbocycles. The maximum Gasteiger partial charge on any atom is 0.328 e. The fraction of sp³-hybridized carbons (Fsp3) is 0.0769. The van der Waals surface area contributed by atoms with Crippen molar-refractivity contribution < 1.29 is 0 Å². The molecule has 0 spiro atoms. The number of benzene rings is 1. The number of aromatic amines is 2. The number of fused-ring (bicyclic) bond motifs is 1. The Balaban J connectivity index is 2.09. The van der Waals surface area contributed by atoms with E-state index in [4.69, 9.17) is 0 Å². The minimum absolute atomic E-state index is 0.0791. The van der Waals surface area contributed by atoms with Crippen LogP contribution in [0.2, 0.25) is 0 Å². The highest BCUT2D eigenvalue weighted by atomic mass is 16.2. The van der Waals surface area contributed by atoms with Gasteiger partial charge in [0.15, 0.2) is 0 Å². The second-order valence-electron chi connectivity index (χ2n) is 4.27. The summed E-state index contributed by atoms with van der Waals surface area (Å²) in [5, 5.41) is 0.491. The highest BCUT2D eigenvalue weighted by Gasteiger charge is 2.05. The van der Waals surface area contributed by atoms with Crippen molar-refractivity contribution in [3.63, 3.8) is 0 Å². The lowest BCUT2D eigenvalue weighted by molar-refractivity contribution is 0.686. The van der Waals surface area contributed by atoms with E-state index < -0.39 is 11.2 Å². The van der Waals surface area contributed by atoms with Crippen molar-refractivity contribution in [2.45, 2.75) is 6.54 Å². The molecule has 0 saturated heterocycles. The summed E-state index contributed by atoms with van der Waals surface area (Å²) in [6, 6.07) is 8.18. The number of rotatable bonds is 2. The third kappa shape index (κ3) is 2.16. The van der Waals surface area contributed by atoms with Crippen LogP contribution in [-0.2, 0) is 6.54 Å². The van der Waals surface area contributed by atoms with Gasteiger partial charge in [-0.15, -0.1) is 0 Å². The summed E-state index contributed by atoms with van der Waals surface area (Å²) < 4.78 is 1.26. The van der Waals surface area contributed by atoms with E-state index in [1.807, 2.05) is 0 Å². The number of nitrogens with one attached hydrogen (secondary N) is 2. The average Bonchev–Trinajstić information content (AvgIpc) is 2.42. The van der Waals surface area contributed by atoms with E-state index in [2.05, 4.69) is 15.0 Å². The Hall–Kier alpha value is -2.96. The number of hydrogen-bond acceptors (Lipinski definition) is 4. The molecule has 0 aliphatic rings. The summed E-state index contributed by atoms with van der Waals surface area (Å²) >= 11 is 0. The number of nitrogens with zero attached hydrogens (tertiary/aromatic N) is 2. The molecule has 7 heteroatoms. The third-order valence-corrected chi connectivity index (χ3v) is 2.88. The first kappa shape index (κ1) is 12.1. The van der Waals surface area contributed by atoms with Gasteiger partial charge in [0.2, 0.25) is 0 Å². The van der Waals surface area contributed by atoms with Crippen LogP contribution in [0.25, 0.3) is 10.9 Å². The van der Waals surface area contributed by atoms with Crippen LogP contribution in [0, 0.1) is 0 Å². The molecule has 0 bridgehead atoms. The van der Waals surface area contributed by atoms with Crippen LogP contribution < -0.4 is 16.8 Å². The molecule has 0 amide bonds. The Morgan fingerprint density at radius 1 is 1.05 bits per heavy atom. The number of H-pyrrole nitrogens is 2. The maximum absolute atomic E-state index is 11.9. The molecule has 3 rings (SSSR count). The summed E-state index contributed by atoms with van der Waals surface area (Å²) in [6.07, 6.45) is 1.36. The zero-order valence-electron chi connectivity index (χ0n) is 10.3. The quantitative estimate of drug-likeness (QED) is 0.674. The monoisotopic (exact) mass is 270 g/mol. The minimum Gasteiger partial charge on any atom is -0.308 e. The van der Waals surface area contributed by atoms with Crippen molar-refractivity contribution in [3.8, 4) is 0 Å². The summed E-state index contributed by atoms with van der Waals surface area (Å²) in [5.41, 5.74) is -0.716. The predicted octanol–water partition coefficient (Wildman–Crippen LogP) is -0.179. The fourth-order valence-corrected chi connectivity index (χ4v) is 1.94. The molecular weight excluding hydrogens is 260 g/mol. The van der Waals surface area contributed by atoms with E-state index in [1.165, 1.54) is 16.8 Å². The smallest absolute Gasteiger partial charge is 0.308 e. The van der Waals surface area contributed by atoms with Crippen molar-refractivity contribution in [1.29, 1.82) is 0 Å². The topological polar surface area (TPSA) is 101 Å². The lowest BCUT2D eigenvalue weighted by Crippen LogP contribution is -2.30. The Bertz CT molecular complexity index is 952. The standard InChI is InChI=1S/C13H10N4O3/c18-11-5-6-17(13(20)16-11)7-10-14-9-4-2-1-3-8(9)12(19)15-10/h1-6H,7H2,(H,14,15,19)(H,16,18,20). The van der Waals surface area contributed by atoms with Crippen LogP contribution >= 0.6 is 0 Å². The molecule has 0 atom stereocenters. The van der Waals surface area contributed by atoms with Crippen molar-refractivity contribution >= 4 is 10.9 Å². The first-order valence-electron chi connectivity index (χ1n) is 5.91. The summed E-state index contributed by atoms with van der Waals surface area (Å²) in [5.74, 6) is 0.350. The molecule has 2 heterocycles. The van der Waals surface area contributed by atoms with Gasteiger partial charge in [0.05, 0.1) is 17.4 Å². The first-order valence-corrected chi connectivity index (χ1v) is 5.91. The van der Waals surface area contributed by atoms with E-state index in [0.29, 0.717) is 16.7 Å². The molecule has 3 aromatic rings. The molecule has 2 N–H and O–H groups in total. The number of aromatic nitrogens is 4. The van der Waals surface area contributed by atoms with Crippen LogP contribution in [-0.4, -0.2) is 19.5 Å².